The Morgan fingerprint density at radius 1 is 1.11 bits per heavy atom. The van der Waals surface area contributed by atoms with Crippen LogP contribution in [0.4, 0.5) is 0 Å². The summed E-state index contributed by atoms with van der Waals surface area (Å²) in [6.45, 7) is 6.22. The highest BCUT2D eigenvalue weighted by Gasteiger charge is 2.14. The van der Waals surface area contributed by atoms with Crippen molar-refractivity contribution in [1.82, 2.24) is 10.2 Å². The summed E-state index contributed by atoms with van der Waals surface area (Å²) in [6, 6.07) is 6.17. The van der Waals surface area contributed by atoms with Gasteiger partial charge >= 0.3 is 0 Å². The fourth-order valence-electron chi connectivity index (χ4n) is 2.09. The van der Waals surface area contributed by atoms with Crippen LogP contribution < -0.4 is 5.32 Å². The summed E-state index contributed by atoms with van der Waals surface area (Å²) in [5.74, 6) is 0.621. The lowest BCUT2D eigenvalue weighted by molar-refractivity contribution is 0.224. The molecule has 102 valence electrons. The zero-order valence-corrected chi connectivity index (χ0v) is 13.0. The second-order valence-electron chi connectivity index (χ2n) is 5.18. The molecule has 1 aromatic rings. The van der Waals surface area contributed by atoms with Crippen molar-refractivity contribution in [2.24, 2.45) is 5.92 Å². The highest BCUT2D eigenvalue weighted by atomic mass is 35.5. The summed E-state index contributed by atoms with van der Waals surface area (Å²) >= 11 is 11.9. The lowest BCUT2D eigenvalue weighted by Gasteiger charge is -2.28. The molecule has 1 unspecified atom stereocenters. The van der Waals surface area contributed by atoms with Crippen molar-refractivity contribution in [2.75, 3.05) is 20.6 Å². The van der Waals surface area contributed by atoms with Crippen molar-refractivity contribution in [3.8, 4) is 0 Å². The van der Waals surface area contributed by atoms with Crippen molar-refractivity contribution in [1.29, 1.82) is 0 Å². The van der Waals surface area contributed by atoms with Gasteiger partial charge in [-0.3, -0.25) is 0 Å². The molecular weight excluding hydrogens is 267 g/mol. The van der Waals surface area contributed by atoms with Crippen LogP contribution in [-0.4, -0.2) is 31.6 Å². The van der Waals surface area contributed by atoms with Crippen molar-refractivity contribution in [2.45, 2.75) is 26.4 Å². The molecule has 1 aromatic carbocycles. The highest BCUT2D eigenvalue weighted by molar-refractivity contribution is 6.34. The third-order valence-electron chi connectivity index (χ3n) is 3.04. The zero-order valence-electron chi connectivity index (χ0n) is 11.5. The minimum Gasteiger partial charge on any atom is -0.311 e. The largest absolute Gasteiger partial charge is 0.311 e. The van der Waals surface area contributed by atoms with Crippen LogP contribution >= 0.6 is 23.2 Å². The molecule has 0 bridgehead atoms. The Labute approximate surface area is 120 Å². The van der Waals surface area contributed by atoms with Gasteiger partial charge in [-0.1, -0.05) is 37.0 Å². The lowest BCUT2D eigenvalue weighted by Crippen LogP contribution is -2.41. The van der Waals surface area contributed by atoms with Crippen LogP contribution in [0.5, 0.6) is 0 Å². The molecule has 1 N–H and O–H groups in total. The SMILES string of the molecule is CC(C)C(CNCc1cc(Cl)cc(Cl)c1)N(C)C. The third kappa shape index (κ3) is 5.15. The lowest BCUT2D eigenvalue weighted by atomic mass is 10.0. The molecule has 0 fully saturated rings. The molecule has 0 saturated carbocycles. The first-order chi connectivity index (χ1) is 8.40. The monoisotopic (exact) mass is 288 g/mol. The van der Waals surface area contributed by atoms with Gasteiger partial charge in [0.1, 0.15) is 0 Å². The molecule has 1 rings (SSSR count). The van der Waals surface area contributed by atoms with Gasteiger partial charge in [0.05, 0.1) is 0 Å². The summed E-state index contributed by atoms with van der Waals surface area (Å²) in [6.07, 6.45) is 0. The molecule has 4 heteroatoms. The van der Waals surface area contributed by atoms with Crippen LogP contribution in [0.25, 0.3) is 0 Å². The van der Waals surface area contributed by atoms with Crippen LogP contribution in [0.2, 0.25) is 10.0 Å². The molecule has 0 heterocycles. The van der Waals surface area contributed by atoms with Crippen LogP contribution in [0.15, 0.2) is 18.2 Å². The van der Waals surface area contributed by atoms with Gasteiger partial charge in [-0.25, -0.2) is 0 Å². The average Bonchev–Trinajstić information content (AvgIpc) is 2.21. The first kappa shape index (κ1) is 15.8. The number of halogens is 2. The van der Waals surface area contributed by atoms with Gasteiger partial charge in [0, 0.05) is 29.2 Å². The summed E-state index contributed by atoms with van der Waals surface area (Å²) in [4.78, 5) is 2.25. The fraction of sp³-hybridized carbons (Fsp3) is 0.571. The second kappa shape index (κ2) is 7.34. The van der Waals surface area contributed by atoms with Crippen molar-refractivity contribution < 1.29 is 0 Å². The Hall–Kier alpha value is -0.280. The van der Waals surface area contributed by atoms with E-state index in [0.29, 0.717) is 22.0 Å². The van der Waals surface area contributed by atoms with Gasteiger partial charge in [0.15, 0.2) is 0 Å². The first-order valence-electron chi connectivity index (χ1n) is 6.22. The van der Waals surface area contributed by atoms with Gasteiger partial charge in [-0.05, 0) is 43.8 Å². The molecule has 0 aliphatic heterocycles. The smallest absolute Gasteiger partial charge is 0.0424 e. The maximum absolute atomic E-state index is 5.97. The van der Waals surface area contributed by atoms with Crippen LogP contribution in [-0.2, 0) is 6.54 Å². The minimum absolute atomic E-state index is 0.527. The molecule has 0 aliphatic rings. The van der Waals surface area contributed by atoms with Gasteiger partial charge in [0.2, 0.25) is 0 Å². The van der Waals surface area contributed by atoms with Crippen molar-refractivity contribution >= 4 is 23.2 Å². The minimum atomic E-state index is 0.527. The predicted octanol–water partition coefficient (Wildman–Crippen LogP) is 3.67. The maximum Gasteiger partial charge on any atom is 0.0424 e. The Morgan fingerprint density at radius 2 is 1.67 bits per heavy atom. The molecule has 0 aliphatic carbocycles. The van der Waals surface area contributed by atoms with Crippen LogP contribution in [0.3, 0.4) is 0 Å². The highest BCUT2D eigenvalue weighted by Crippen LogP contribution is 2.19. The van der Waals surface area contributed by atoms with E-state index in [0.717, 1.165) is 18.7 Å². The topological polar surface area (TPSA) is 15.3 Å². The number of rotatable bonds is 6. The zero-order chi connectivity index (χ0) is 13.7. The first-order valence-corrected chi connectivity index (χ1v) is 6.98. The summed E-state index contributed by atoms with van der Waals surface area (Å²) in [5.41, 5.74) is 1.12. The number of benzene rings is 1. The molecule has 0 saturated heterocycles. The van der Waals surface area contributed by atoms with Gasteiger partial charge in [0.25, 0.3) is 0 Å². The Bertz CT molecular complexity index is 350. The molecule has 1 atom stereocenters. The van der Waals surface area contributed by atoms with E-state index in [1.54, 1.807) is 6.07 Å². The molecule has 0 spiro atoms. The van der Waals surface area contributed by atoms with Gasteiger partial charge < -0.3 is 10.2 Å². The van der Waals surface area contributed by atoms with E-state index in [1.165, 1.54) is 0 Å². The Morgan fingerprint density at radius 3 is 2.11 bits per heavy atom. The fourth-order valence-corrected chi connectivity index (χ4v) is 2.66. The standard InChI is InChI=1S/C14H22Cl2N2/c1-10(2)14(18(3)4)9-17-8-11-5-12(15)7-13(16)6-11/h5-7,10,14,17H,8-9H2,1-4H3. The van der Waals surface area contributed by atoms with E-state index in [9.17, 15) is 0 Å². The quantitative estimate of drug-likeness (QED) is 0.859. The number of likely N-dealkylation sites (N-methyl/N-ethyl adjacent to an activating group) is 1. The number of hydrogen-bond donors (Lipinski definition) is 1. The number of nitrogens with one attached hydrogen (secondary N) is 1. The normalized spacial score (nSPS) is 13.3. The number of nitrogens with zero attached hydrogens (tertiary/aromatic N) is 1. The summed E-state index contributed by atoms with van der Waals surface area (Å²) in [5, 5.41) is 4.83. The maximum atomic E-state index is 5.97. The van der Waals surface area contributed by atoms with E-state index in [2.05, 4.69) is 38.2 Å². The molecule has 18 heavy (non-hydrogen) atoms. The predicted molar refractivity (Wildman–Crippen MR) is 80.5 cm³/mol. The molecule has 2 nitrogen and oxygen atoms in total. The van der Waals surface area contributed by atoms with E-state index in [4.69, 9.17) is 23.2 Å². The van der Waals surface area contributed by atoms with Crippen LogP contribution in [0.1, 0.15) is 19.4 Å². The van der Waals surface area contributed by atoms with E-state index >= 15 is 0 Å². The summed E-state index contributed by atoms with van der Waals surface area (Å²) in [7, 11) is 4.23. The Balaban J connectivity index is 2.50. The van der Waals surface area contributed by atoms with Crippen LogP contribution in [0, 0.1) is 5.92 Å². The second-order valence-corrected chi connectivity index (χ2v) is 6.06. The van der Waals surface area contributed by atoms with E-state index in [1.807, 2.05) is 12.1 Å². The Kier molecular flexibility index (Phi) is 6.44. The van der Waals surface area contributed by atoms with Gasteiger partial charge in [-0.15, -0.1) is 0 Å². The average molecular weight is 289 g/mol. The molecule has 0 aromatic heterocycles. The summed E-state index contributed by atoms with van der Waals surface area (Å²) < 4.78 is 0. The van der Waals surface area contributed by atoms with Gasteiger partial charge in [-0.2, -0.15) is 0 Å². The van der Waals surface area contributed by atoms with Crippen molar-refractivity contribution in [3.63, 3.8) is 0 Å². The third-order valence-corrected chi connectivity index (χ3v) is 3.47. The van der Waals surface area contributed by atoms with Crippen molar-refractivity contribution in [3.05, 3.63) is 33.8 Å². The molecule has 0 radical (unpaired) electrons. The number of hydrogen-bond acceptors (Lipinski definition) is 2. The molecule has 0 amide bonds. The molecular formula is C14H22Cl2N2. The van der Waals surface area contributed by atoms with E-state index < -0.39 is 0 Å². The van der Waals surface area contributed by atoms with E-state index in [-0.39, 0.29) is 0 Å².